The van der Waals surface area contributed by atoms with Crippen molar-refractivity contribution >= 4 is 97.9 Å². The molecule has 7 aromatic rings. The van der Waals surface area contributed by atoms with Gasteiger partial charge in [-0.15, -0.1) is 0 Å². The van der Waals surface area contributed by atoms with Crippen LogP contribution in [0.2, 0.25) is 0 Å². The number of hydrogen-bond donors (Lipinski definition) is 3. The van der Waals surface area contributed by atoms with Crippen molar-refractivity contribution in [3.8, 4) is 34.5 Å². The van der Waals surface area contributed by atoms with Crippen molar-refractivity contribution in [2.24, 2.45) is 0 Å². The van der Waals surface area contributed by atoms with E-state index in [1.807, 2.05) is 0 Å². The van der Waals surface area contributed by atoms with Gasteiger partial charge >= 0.3 is 0 Å². The van der Waals surface area contributed by atoms with Gasteiger partial charge in [-0.25, -0.2) is 15.0 Å². The van der Waals surface area contributed by atoms with Gasteiger partial charge in [-0.1, -0.05) is 576 Å². The highest BCUT2D eigenvalue weighted by Crippen LogP contribution is 2.43. The lowest BCUT2D eigenvalue weighted by Gasteiger charge is -2.13. The molecule has 0 amide bonds. The third kappa shape index (κ3) is 59.1. The monoisotopic (exact) mass is 1970 g/mol. The molecule has 138 heavy (non-hydrogen) atoms. The first-order chi connectivity index (χ1) is 68.4. The maximum atomic E-state index is 6.74. The Kier molecular flexibility index (Phi) is 73.5. The topological polar surface area (TPSA) is 169 Å². The first-order valence-electron chi connectivity index (χ1n) is 59.6. The molecule has 3 aromatic carbocycles. The largest absolute Gasteiger partial charge is 0.490 e. The number of aromatic nitrogens is 6. The highest BCUT2D eigenvalue weighted by atomic mass is 32.1. The lowest BCUT2D eigenvalue weighted by molar-refractivity contribution is 0.259. The summed E-state index contributed by atoms with van der Waals surface area (Å²) in [6, 6.07) is 12.7. The summed E-state index contributed by atoms with van der Waals surface area (Å²) in [5, 5.41) is 12.6. The van der Waals surface area contributed by atoms with Crippen LogP contribution in [0.1, 0.15) is 581 Å². The number of nitrogens with zero attached hydrogens (tertiary/aromatic N) is 6. The van der Waals surface area contributed by atoms with Crippen LogP contribution in [0.5, 0.6) is 34.5 Å². The standard InChI is InChI=1S/C120H207N9O6S3/c1-7-13-19-25-31-37-43-49-55-61-67-73-79-85-91-130-106-97-103-112(100-109(106)133-94-88-82-76-70-64-58-52-46-40-34-28-22-16-10-4)136-118(121-103)127-115-124-116(128-119-122-104-98-107(131-92-86-80-74-68-62-56-50-44-38-32-26-20-14-8-2)110(101-113(104)137-119)134-95-89-83-77-71-65-59-53-47-41-35-29-23-17-11-5)126-117(125-115)129-120-123-105-99-108(132-93-87-81-75-69-63-57-51-45-39-33-27-21-15-9-3)111(102-114(105)138-120)135-96-90-84-78-72-66-60-54-48-42-36-30-24-18-12-6/h97-102H,7-96H2,1-6H3,(H3,121,122,123,124,125,126,127,128,129). The minimum Gasteiger partial charge on any atom is -0.490 e. The molecule has 7 rings (SSSR count). The van der Waals surface area contributed by atoms with E-state index in [9.17, 15) is 0 Å². The van der Waals surface area contributed by atoms with Gasteiger partial charge in [0.05, 0.1) is 70.3 Å². The quantitative estimate of drug-likeness (QED) is 0.0308. The van der Waals surface area contributed by atoms with Crippen molar-refractivity contribution in [2.75, 3.05) is 55.6 Å². The van der Waals surface area contributed by atoms with Crippen LogP contribution in [0.25, 0.3) is 30.6 Å². The van der Waals surface area contributed by atoms with E-state index in [1.165, 1.54) is 462 Å². The van der Waals surface area contributed by atoms with E-state index >= 15 is 0 Å². The second-order valence-electron chi connectivity index (χ2n) is 41.2. The Morgan fingerprint density at radius 2 is 0.283 bits per heavy atom. The Morgan fingerprint density at radius 3 is 0.420 bits per heavy atom. The van der Waals surface area contributed by atoms with E-state index in [0.717, 1.165) is 142 Å². The summed E-state index contributed by atoms with van der Waals surface area (Å²) in [4.78, 5) is 31.1. The average Bonchev–Trinajstić information content (AvgIpc) is 1.66. The van der Waals surface area contributed by atoms with Crippen LogP contribution in [0.3, 0.4) is 0 Å². The van der Waals surface area contributed by atoms with E-state index in [4.69, 9.17) is 58.3 Å². The van der Waals surface area contributed by atoms with Crippen LogP contribution in [0.4, 0.5) is 33.2 Å². The zero-order valence-electron chi connectivity index (χ0n) is 90.0. The van der Waals surface area contributed by atoms with Gasteiger partial charge in [-0.3, -0.25) is 16.0 Å². The molecule has 0 aliphatic rings. The zero-order chi connectivity index (χ0) is 97.0. The van der Waals surface area contributed by atoms with Gasteiger partial charge in [0, 0.05) is 36.4 Å². The number of hydrogen-bond acceptors (Lipinski definition) is 18. The van der Waals surface area contributed by atoms with E-state index in [0.29, 0.717) is 72.9 Å². The molecule has 3 N–H and O–H groups in total. The summed E-state index contributed by atoms with van der Waals surface area (Å²) in [7, 11) is 0. The van der Waals surface area contributed by atoms with Gasteiger partial charge in [-0.05, 0) is 38.5 Å². The summed E-state index contributed by atoms with van der Waals surface area (Å²) >= 11 is 4.67. The summed E-state index contributed by atoms with van der Waals surface area (Å²) in [6.45, 7) is 17.7. The van der Waals surface area contributed by atoms with E-state index in [1.54, 1.807) is 34.0 Å². The fourth-order valence-electron chi connectivity index (χ4n) is 19.3. The van der Waals surface area contributed by atoms with Crippen molar-refractivity contribution in [1.29, 1.82) is 0 Å². The minimum absolute atomic E-state index is 0.316. The second-order valence-corrected chi connectivity index (χ2v) is 44.3. The SMILES string of the molecule is CCCCCCCCCCCCCCCCOc1cc2nc(Nc3nc(Nc4nc5cc(OCCCCCCCCCCCCCCCC)c(OCCCCCCCCCCCCCCCC)cc5s4)nc(Nc4nc5cc(OCCCCCCCCCCCCCCCC)c(OCCCCCCCCCCCCCCCC)cc5s4)n3)sc2cc1OCCCCCCCCCCCCCCCC. The minimum atomic E-state index is 0.316. The van der Waals surface area contributed by atoms with Gasteiger partial charge in [-0.2, -0.15) is 15.0 Å². The molecular weight excluding hydrogens is 1760 g/mol. The number of nitrogens with one attached hydrogen (secondary N) is 3. The fraction of sp³-hybridized carbons (Fsp3) is 0.800. The van der Waals surface area contributed by atoms with E-state index < -0.39 is 0 Å². The summed E-state index contributed by atoms with van der Waals surface area (Å²) in [5.74, 6) is 5.55. The Labute approximate surface area is 857 Å². The average molecular weight is 1970 g/mol. The Hall–Kier alpha value is -5.46. The third-order valence-corrected chi connectivity index (χ3v) is 31.0. The molecular formula is C120H207N9O6S3. The molecule has 0 bridgehead atoms. The van der Waals surface area contributed by atoms with Crippen molar-refractivity contribution in [3.05, 3.63) is 36.4 Å². The normalized spacial score (nSPS) is 11.7. The zero-order valence-corrected chi connectivity index (χ0v) is 92.4. The number of unbranched alkanes of at least 4 members (excludes halogenated alkanes) is 78. The number of ether oxygens (including phenoxy) is 6. The molecule has 0 radical (unpaired) electrons. The molecule has 15 nitrogen and oxygen atoms in total. The molecule has 0 unspecified atom stereocenters. The molecule has 18 heteroatoms. The van der Waals surface area contributed by atoms with E-state index in [2.05, 4.69) is 93.9 Å². The number of rotatable bonds is 102. The van der Waals surface area contributed by atoms with Gasteiger partial charge in [0.15, 0.2) is 49.9 Å². The molecule has 0 saturated heterocycles. The van der Waals surface area contributed by atoms with Gasteiger partial charge in [0.25, 0.3) is 0 Å². The van der Waals surface area contributed by atoms with Crippen LogP contribution in [0, 0.1) is 0 Å². The predicted molar refractivity (Wildman–Crippen MR) is 603 cm³/mol. The van der Waals surface area contributed by atoms with Crippen molar-refractivity contribution < 1.29 is 28.4 Å². The Balaban J connectivity index is 1.10. The summed E-state index contributed by atoms with van der Waals surface area (Å²) in [6.07, 6.45) is 111. The predicted octanol–water partition coefficient (Wildman–Crippen LogP) is 42.1. The van der Waals surface area contributed by atoms with Crippen molar-refractivity contribution in [1.82, 2.24) is 29.9 Å². The van der Waals surface area contributed by atoms with Crippen molar-refractivity contribution in [2.45, 2.75) is 581 Å². The van der Waals surface area contributed by atoms with Gasteiger partial charge in [0.1, 0.15) is 0 Å². The molecule has 786 valence electrons. The Morgan fingerprint density at radius 1 is 0.159 bits per heavy atom. The maximum Gasteiger partial charge on any atom is 0.235 e. The molecule has 4 heterocycles. The van der Waals surface area contributed by atoms with Crippen LogP contribution in [-0.4, -0.2) is 69.5 Å². The second kappa shape index (κ2) is 84.8. The summed E-state index contributed by atoms with van der Waals surface area (Å²) < 4.78 is 43.4. The van der Waals surface area contributed by atoms with E-state index in [-0.39, 0.29) is 0 Å². The lowest BCUT2D eigenvalue weighted by Crippen LogP contribution is -2.07. The van der Waals surface area contributed by atoms with Crippen LogP contribution in [0.15, 0.2) is 36.4 Å². The molecule has 4 aromatic heterocycles. The lowest BCUT2D eigenvalue weighted by atomic mass is 10.0. The third-order valence-electron chi connectivity index (χ3n) is 28.2. The number of benzene rings is 3. The van der Waals surface area contributed by atoms with Crippen LogP contribution >= 0.6 is 34.0 Å². The molecule has 0 aliphatic carbocycles. The highest BCUT2D eigenvalue weighted by Gasteiger charge is 2.21. The molecule has 0 aliphatic heterocycles. The smallest absolute Gasteiger partial charge is 0.235 e. The molecule has 0 atom stereocenters. The van der Waals surface area contributed by atoms with Crippen molar-refractivity contribution in [3.63, 3.8) is 0 Å². The van der Waals surface area contributed by atoms with Crippen LogP contribution < -0.4 is 44.4 Å². The van der Waals surface area contributed by atoms with Crippen LogP contribution in [-0.2, 0) is 0 Å². The molecule has 0 saturated carbocycles. The first kappa shape index (κ1) is 119. The maximum absolute atomic E-state index is 6.74. The number of anilines is 6. The van der Waals surface area contributed by atoms with Gasteiger partial charge in [0.2, 0.25) is 17.8 Å². The summed E-state index contributed by atoms with van der Waals surface area (Å²) in [5.41, 5.74) is 2.48. The molecule has 0 spiro atoms. The van der Waals surface area contributed by atoms with Gasteiger partial charge < -0.3 is 28.4 Å². The fourth-order valence-corrected chi connectivity index (χ4v) is 22.0. The highest BCUT2D eigenvalue weighted by molar-refractivity contribution is 7.23. The molecule has 0 fully saturated rings. The number of fused-ring (bicyclic) bond motifs is 3. The number of thiazole rings is 3. The first-order valence-corrected chi connectivity index (χ1v) is 62.0. The Bertz CT molecular complexity index is 3340.